The van der Waals surface area contributed by atoms with Crippen LogP contribution in [-0.4, -0.2) is 7.28 Å². The molecule has 93 valence electrons. The minimum atomic E-state index is -2.13. The van der Waals surface area contributed by atoms with Crippen molar-refractivity contribution in [3.63, 3.8) is 0 Å². The Morgan fingerprint density at radius 2 is 1.24 bits per heavy atom. The van der Waals surface area contributed by atoms with Gasteiger partial charge in [0.15, 0.2) is 23.3 Å². The summed E-state index contributed by atoms with van der Waals surface area (Å²) in [5.74, 6) is -9.45. The van der Waals surface area contributed by atoms with Crippen molar-refractivity contribution in [2.45, 2.75) is 32.4 Å². The van der Waals surface area contributed by atoms with Crippen molar-refractivity contribution in [2.24, 2.45) is 0 Å². The topological polar surface area (TPSA) is 0 Å². The highest BCUT2D eigenvalue weighted by atomic mass is 19.2. The summed E-state index contributed by atoms with van der Waals surface area (Å²) in [6.07, 6.45) is 0.224. The van der Waals surface area contributed by atoms with Gasteiger partial charge in [0.1, 0.15) is 7.28 Å². The second-order valence-corrected chi connectivity index (χ2v) is 4.00. The van der Waals surface area contributed by atoms with Gasteiger partial charge in [-0.3, -0.25) is 0 Å². The van der Waals surface area contributed by atoms with Gasteiger partial charge in [0.25, 0.3) is 0 Å². The number of rotatable bonds is 3. The minimum absolute atomic E-state index is 0.224. The smallest absolute Gasteiger partial charge is 0.200 e. The molecular weight excluding hydrogens is 238 g/mol. The van der Waals surface area contributed by atoms with E-state index in [0.29, 0.717) is 0 Å². The van der Waals surface area contributed by atoms with Gasteiger partial charge in [0, 0.05) is 5.56 Å². The van der Waals surface area contributed by atoms with Crippen LogP contribution in [0.5, 0.6) is 0 Å². The van der Waals surface area contributed by atoms with Gasteiger partial charge in [-0.05, 0) is 5.31 Å². The number of hydrogen-bond donors (Lipinski definition) is 0. The van der Waals surface area contributed by atoms with Crippen molar-refractivity contribution >= 4 is 7.28 Å². The summed E-state index contributed by atoms with van der Waals surface area (Å²) in [5, 5.41) is -1.19. The molecule has 1 rings (SSSR count). The molecule has 6 heteroatoms. The molecule has 0 amide bonds. The first-order chi connectivity index (χ1) is 7.80. The molecule has 1 aromatic carbocycles. The molecule has 0 fully saturated rings. The Morgan fingerprint density at radius 1 is 0.882 bits per heavy atom. The summed E-state index contributed by atoms with van der Waals surface area (Å²) in [4.78, 5) is 0. The standard InChI is InChI=1S/C11H11BF5/c1-4-11(2,12-3)5-6(13)8(15)10(17)9(16)7(5)14/h4H2,1-3H3. The van der Waals surface area contributed by atoms with Crippen LogP contribution in [0.25, 0.3) is 0 Å². The highest BCUT2D eigenvalue weighted by Gasteiger charge is 2.35. The Labute approximate surface area is 97.1 Å². The van der Waals surface area contributed by atoms with E-state index in [2.05, 4.69) is 0 Å². The second-order valence-electron chi connectivity index (χ2n) is 4.00. The Hall–Kier alpha value is -1.07. The molecule has 1 radical (unpaired) electrons. The summed E-state index contributed by atoms with van der Waals surface area (Å²) in [7, 11) is 1.42. The Balaban J connectivity index is 3.65. The average Bonchev–Trinajstić information content (AvgIpc) is 2.33. The van der Waals surface area contributed by atoms with Crippen LogP contribution < -0.4 is 0 Å². The summed E-state index contributed by atoms with van der Waals surface area (Å²) in [5.41, 5.74) is -0.779. The van der Waals surface area contributed by atoms with Gasteiger partial charge in [-0.1, -0.05) is 27.1 Å². The molecule has 0 aliphatic carbocycles. The van der Waals surface area contributed by atoms with E-state index in [4.69, 9.17) is 0 Å². The molecule has 1 unspecified atom stereocenters. The van der Waals surface area contributed by atoms with Gasteiger partial charge in [-0.15, -0.1) is 0 Å². The zero-order valence-electron chi connectivity index (χ0n) is 9.67. The van der Waals surface area contributed by atoms with Crippen LogP contribution in [0, 0.1) is 29.1 Å². The molecule has 0 N–H and O–H groups in total. The molecule has 0 nitrogen and oxygen atoms in total. The molecule has 0 heterocycles. The lowest BCUT2D eigenvalue weighted by atomic mass is 9.50. The van der Waals surface area contributed by atoms with E-state index in [0.717, 1.165) is 0 Å². The predicted octanol–water partition coefficient (Wildman–Crippen LogP) is 3.76. The predicted molar refractivity (Wildman–Crippen MR) is 55.5 cm³/mol. The normalized spacial score (nSPS) is 14.6. The molecule has 0 saturated carbocycles. The van der Waals surface area contributed by atoms with Gasteiger partial charge in [0.2, 0.25) is 5.82 Å². The lowest BCUT2D eigenvalue weighted by Crippen LogP contribution is -2.31. The molecule has 0 aliphatic heterocycles. The third-order valence-corrected chi connectivity index (χ3v) is 3.15. The molecule has 0 bridgehead atoms. The SMILES string of the molecule is C[B]C(C)(CC)c1c(F)c(F)c(F)c(F)c1F. The molecule has 0 saturated heterocycles. The van der Waals surface area contributed by atoms with Crippen molar-refractivity contribution in [3.8, 4) is 0 Å². The first kappa shape index (κ1) is 14.0. The zero-order chi connectivity index (χ0) is 13.4. The van der Waals surface area contributed by atoms with E-state index in [9.17, 15) is 22.0 Å². The van der Waals surface area contributed by atoms with Crippen molar-refractivity contribution in [1.29, 1.82) is 0 Å². The molecule has 17 heavy (non-hydrogen) atoms. The van der Waals surface area contributed by atoms with Crippen LogP contribution in [-0.2, 0) is 5.31 Å². The van der Waals surface area contributed by atoms with Crippen LogP contribution >= 0.6 is 0 Å². The van der Waals surface area contributed by atoms with Gasteiger partial charge in [-0.2, -0.15) is 0 Å². The van der Waals surface area contributed by atoms with E-state index >= 15 is 0 Å². The van der Waals surface area contributed by atoms with Crippen LogP contribution in [0.3, 0.4) is 0 Å². The fraction of sp³-hybridized carbons (Fsp3) is 0.455. The summed E-state index contributed by atoms with van der Waals surface area (Å²) in [6, 6.07) is 0. The lowest BCUT2D eigenvalue weighted by Gasteiger charge is -2.28. The van der Waals surface area contributed by atoms with Gasteiger partial charge < -0.3 is 0 Å². The number of halogens is 5. The van der Waals surface area contributed by atoms with Crippen LogP contribution in [0.15, 0.2) is 0 Å². The van der Waals surface area contributed by atoms with Gasteiger partial charge in [0.05, 0.1) is 0 Å². The second kappa shape index (κ2) is 4.66. The molecule has 0 aromatic heterocycles. The molecule has 0 spiro atoms. The summed E-state index contributed by atoms with van der Waals surface area (Å²) in [6.45, 7) is 4.55. The lowest BCUT2D eigenvalue weighted by molar-refractivity contribution is 0.359. The maximum Gasteiger partial charge on any atom is 0.200 e. The fourth-order valence-electron chi connectivity index (χ4n) is 1.63. The highest BCUT2D eigenvalue weighted by molar-refractivity contribution is 6.38. The number of hydrogen-bond acceptors (Lipinski definition) is 0. The Bertz CT molecular complexity index is 411. The third-order valence-electron chi connectivity index (χ3n) is 3.15. The molecule has 0 aliphatic rings. The Morgan fingerprint density at radius 3 is 1.53 bits per heavy atom. The monoisotopic (exact) mass is 249 g/mol. The van der Waals surface area contributed by atoms with Crippen molar-refractivity contribution in [1.82, 2.24) is 0 Å². The Kier molecular flexibility index (Phi) is 3.84. The van der Waals surface area contributed by atoms with E-state index in [1.165, 1.54) is 21.0 Å². The quantitative estimate of drug-likeness (QED) is 0.331. The van der Waals surface area contributed by atoms with Crippen LogP contribution in [0.1, 0.15) is 25.8 Å². The fourth-order valence-corrected chi connectivity index (χ4v) is 1.63. The molecule has 1 atom stereocenters. The summed E-state index contributed by atoms with van der Waals surface area (Å²) >= 11 is 0. The third kappa shape index (κ3) is 2.05. The van der Waals surface area contributed by atoms with Crippen LogP contribution in [0.4, 0.5) is 22.0 Å². The van der Waals surface area contributed by atoms with Gasteiger partial charge in [-0.25, -0.2) is 22.0 Å². The van der Waals surface area contributed by atoms with E-state index < -0.39 is 40.0 Å². The van der Waals surface area contributed by atoms with Crippen molar-refractivity contribution in [3.05, 3.63) is 34.6 Å². The molecule has 1 aromatic rings. The van der Waals surface area contributed by atoms with E-state index in [1.54, 1.807) is 6.92 Å². The van der Waals surface area contributed by atoms with Crippen molar-refractivity contribution < 1.29 is 22.0 Å². The summed E-state index contributed by atoms with van der Waals surface area (Å²) < 4.78 is 66.0. The first-order valence-electron chi connectivity index (χ1n) is 5.12. The van der Waals surface area contributed by atoms with E-state index in [1.807, 2.05) is 0 Å². The van der Waals surface area contributed by atoms with Gasteiger partial charge >= 0.3 is 0 Å². The highest BCUT2D eigenvalue weighted by Crippen LogP contribution is 2.34. The van der Waals surface area contributed by atoms with Crippen molar-refractivity contribution in [2.75, 3.05) is 0 Å². The maximum atomic E-state index is 13.5. The minimum Gasteiger partial charge on any atom is -0.203 e. The van der Waals surface area contributed by atoms with E-state index in [-0.39, 0.29) is 6.42 Å². The number of benzene rings is 1. The molecular formula is C11H11BF5. The maximum absolute atomic E-state index is 13.5. The first-order valence-corrected chi connectivity index (χ1v) is 5.12. The zero-order valence-corrected chi connectivity index (χ0v) is 9.67. The van der Waals surface area contributed by atoms with Crippen LogP contribution in [0.2, 0.25) is 6.82 Å². The largest absolute Gasteiger partial charge is 0.203 e. The average molecular weight is 249 g/mol.